The maximum atomic E-state index is 12.1. The highest BCUT2D eigenvalue weighted by atomic mass is 32.1. The molecular formula is C12H13F3N4S. The number of nitrogens with one attached hydrogen (secondary N) is 1. The summed E-state index contributed by atoms with van der Waals surface area (Å²) in [5, 5.41) is 3.62. The molecule has 0 radical (unpaired) electrons. The summed E-state index contributed by atoms with van der Waals surface area (Å²) in [5.74, 6) is 0.348. The fourth-order valence-corrected chi connectivity index (χ4v) is 2.46. The molecule has 108 valence electrons. The van der Waals surface area contributed by atoms with Crippen LogP contribution in [0.5, 0.6) is 0 Å². The second-order valence-corrected chi connectivity index (χ2v) is 4.93. The molecule has 2 rings (SSSR count). The molecule has 8 heteroatoms. The number of nitrogens with zero attached hydrogens (tertiary/aromatic N) is 2. The SMILES string of the molecule is Nc1nsc(NCCCC(F)(F)F)c1-c1cccnc1. The standard InChI is InChI=1S/C12H13F3N4S/c13-12(14,15)4-2-6-18-11-9(10(16)19-20-11)8-3-1-5-17-7-8/h1,3,5,7,18H,2,4,6H2,(H2,16,19). The zero-order valence-corrected chi connectivity index (χ0v) is 11.3. The lowest BCUT2D eigenvalue weighted by molar-refractivity contribution is -0.134. The molecule has 20 heavy (non-hydrogen) atoms. The van der Waals surface area contributed by atoms with Crippen molar-refractivity contribution in [3.05, 3.63) is 24.5 Å². The van der Waals surface area contributed by atoms with Crippen LogP contribution in [-0.2, 0) is 0 Å². The molecule has 0 saturated carbocycles. The van der Waals surface area contributed by atoms with Gasteiger partial charge in [0.1, 0.15) is 10.8 Å². The summed E-state index contributed by atoms with van der Waals surface area (Å²) in [6.45, 7) is 0.217. The Hall–Kier alpha value is -1.83. The van der Waals surface area contributed by atoms with Crippen molar-refractivity contribution >= 4 is 22.4 Å². The molecule has 0 atom stereocenters. The summed E-state index contributed by atoms with van der Waals surface area (Å²) >= 11 is 1.13. The number of nitrogens with two attached hydrogens (primary N) is 1. The lowest BCUT2D eigenvalue weighted by Gasteiger charge is -2.08. The number of halogens is 3. The van der Waals surface area contributed by atoms with E-state index in [9.17, 15) is 13.2 Å². The van der Waals surface area contributed by atoms with Crippen LogP contribution in [0.25, 0.3) is 11.1 Å². The van der Waals surface area contributed by atoms with Crippen molar-refractivity contribution in [2.45, 2.75) is 19.0 Å². The topological polar surface area (TPSA) is 63.8 Å². The minimum atomic E-state index is -4.12. The quantitative estimate of drug-likeness (QED) is 0.829. The van der Waals surface area contributed by atoms with Gasteiger partial charge in [-0.3, -0.25) is 4.98 Å². The van der Waals surface area contributed by atoms with E-state index in [4.69, 9.17) is 5.73 Å². The maximum absolute atomic E-state index is 12.1. The highest BCUT2D eigenvalue weighted by Gasteiger charge is 2.26. The van der Waals surface area contributed by atoms with Gasteiger partial charge in [-0.1, -0.05) is 6.07 Å². The van der Waals surface area contributed by atoms with Gasteiger partial charge in [0.15, 0.2) is 0 Å². The van der Waals surface area contributed by atoms with Gasteiger partial charge < -0.3 is 11.1 Å². The van der Waals surface area contributed by atoms with E-state index >= 15 is 0 Å². The van der Waals surface area contributed by atoms with Crippen LogP contribution >= 0.6 is 11.5 Å². The average molecular weight is 302 g/mol. The molecule has 0 fully saturated rings. The van der Waals surface area contributed by atoms with Crippen molar-refractivity contribution in [3.8, 4) is 11.1 Å². The molecule has 0 aliphatic carbocycles. The normalized spacial score (nSPS) is 11.6. The van der Waals surface area contributed by atoms with Crippen LogP contribution < -0.4 is 11.1 Å². The Balaban J connectivity index is 2.03. The van der Waals surface area contributed by atoms with Crippen molar-refractivity contribution in [1.82, 2.24) is 9.36 Å². The summed E-state index contributed by atoms with van der Waals surface area (Å²) in [5.41, 5.74) is 7.28. The largest absolute Gasteiger partial charge is 0.389 e. The van der Waals surface area contributed by atoms with Crippen LogP contribution in [-0.4, -0.2) is 22.1 Å². The van der Waals surface area contributed by atoms with Crippen LogP contribution in [0.15, 0.2) is 24.5 Å². The first kappa shape index (κ1) is 14.6. The van der Waals surface area contributed by atoms with Gasteiger partial charge >= 0.3 is 6.18 Å². The number of aromatic nitrogens is 2. The van der Waals surface area contributed by atoms with Gasteiger partial charge in [-0.15, -0.1) is 0 Å². The molecule has 0 aromatic carbocycles. The van der Waals surface area contributed by atoms with Crippen LogP contribution in [0, 0.1) is 0 Å². The molecule has 4 nitrogen and oxygen atoms in total. The van der Waals surface area contributed by atoms with Gasteiger partial charge in [0.2, 0.25) is 0 Å². The Morgan fingerprint density at radius 2 is 2.15 bits per heavy atom. The Morgan fingerprint density at radius 3 is 2.80 bits per heavy atom. The zero-order valence-electron chi connectivity index (χ0n) is 10.4. The Labute approximate surface area is 118 Å². The minimum absolute atomic E-state index is 0.00772. The number of anilines is 2. The Bertz CT molecular complexity index is 554. The van der Waals surface area contributed by atoms with Crippen molar-refractivity contribution in [1.29, 1.82) is 0 Å². The van der Waals surface area contributed by atoms with Gasteiger partial charge in [-0.2, -0.15) is 17.5 Å². The highest BCUT2D eigenvalue weighted by Crippen LogP contribution is 2.36. The predicted octanol–water partition coefficient (Wildman–Crippen LogP) is 3.54. The molecule has 0 spiro atoms. The van der Waals surface area contributed by atoms with Crippen molar-refractivity contribution in [2.24, 2.45) is 0 Å². The first-order chi connectivity index (χ1) is 9.47. The summed E-state index contributed by atoms with van der Waals surface area (Å²) in [6, 6.07) is 3.59. The van der Waals surface area contributed by atoms with E-state index in [1.54, 1.807) is 18.5 Å². The third-order valence-electron chi connectivity index (χ3n) is 2.59. The fourth-order valence-electron chi connectivity index (χ4n) is 1.70. The summed E-state index contributed by atoms with van der Waals surface area (Å²) in [4.78, 5) is 4.00. The second-order valence-electron chi connectivity index (χ2n) is 4.16. The number of rotatable bonds is 5. The molecule has 2 aromatic heterocycles. The monoisotopic (exact) mass is 302 g/mol. The first-order valence-electron chi connectivity index (χ1n) is 5.93. The van der Waals surface area contributed by atoms with Gasteiger partial charge in [-0.25, -0.2) is 0 Å². The lowest BCUT2D eigenvalue weighted by atomic mass is 10.1. The number of alkyl halides is 3. The van der Waals surface area contributed by atoms with Crippen LogP contribution in [0.1, 0.15) is 12.8 Å². The van der Waals surface area contributed by atoms with E-state index in [1.165, 1.54) is 0 Å². The van der Waals surface area contributed by atoms with Gasteiger partial charge in [0, 0.05) is 30.9 Å². The van der Waals surface area contributed by atoms with Crippen LogP contribution in [0.3, 0.4) is 0 Å². The fraction of sp³-hybridized carbons (Fsp3) is 0.333. The third kappa shape index (κ3) is 3.83. The Kier molecular flexibility index (Phi) is 4.43. The van der Waals surface area contributed by atoms with E-state index in [1.807, 2.05) is 6.07 Å². The second kappa shape index (κ2) is 6.08. The summed E-state index contributed by atoms with van der Waals surface area (Å²) < 4.78 is 40.2. The molecule has 2 aromatic rings. The molecule has 0 unspecified atom stereocenters. The Morgan fingerprint density at radius 1 is 1.35 bits per heavy atom. The highest BCUT2D eigenvalue weighted by molar-refractivity contribution is 7.11. The molecule has 0 aliphatic rings. The molecule has 0 saturated heterocycles. The minimum Gasteiger partial charge on any atom is -0.382 e. The van der Waals surface area contributed by atoms with E-state index in [0.717, 1.165) is 17.1 Å². The summed E-state index contributed by atoms with van der Waals surface area (Å²) in [7, 11) is 0. The first-order valence-corrected chi connectivity index (χ1v) is 6.71. The molecule has 0 bridgehead atoms. The van der Waals surface area contributed by atoms with Crippen molar-refractivity contribution in [3.63, 3.8) is 0 Å². The predicted molar refractivity (Wildman–Crippen MR) is 73.5 cm³/mol. The van der Waals surface area contributed by atoms with Gasteiger partial charge in [0.25, 0.3) is 0 Å². The molecular weight excluding hydrogens is 289 g/mol. The van der Waals surface area contributed by atoms with Crippen LogP contribution in [0.2, 0.25) is 0 Å². The third-order valence-corrected chi connectivity index (χ3v) is 3.41. The molecule has 2 heterocycles. The zero-order chi connectivity index (χ0) is 14.6. The van der Waals surface area contributed by atoms with E-state index < -0.39 is 12.6 Å². The van der Waals surface area contributed by atoms with Gasteiger partial charge in [0.05, 0.1) is 5.56 Å². The number of hydrogen-bond donors (Lipinski definition) is 2. The van der Waals surface area contributed by atoms with E-state index in [-0.39, 0.29) is 13.0 Å². The summed E-state index contributed by atoms with van der Waals surface area (Å²) in [6.07, 6.45) is -1.65. The van der Waals surface area contributed by atoms with Crippen molar-refractivity contribution < 1.29 is 13.2 Å². The van der Waals surface area contributed by atoms with E-state index in [2.05, 4.69) is 14.7 Å². The maximum Gasteiger partial charge on any atom is 0.389 e. The van der Waals surface area contributed by atoms with Gasteiger partial charge in [-0.05, 0) is 24.0 Å². The smallest absolute Gasteiger partial charge is 0.382 e. The van der Waals surface area contributed by atoms with Crippen molar-refractivity contribution in [2.75, 3.05) is 17.6 Å². The number of pyridine rings is 1. The molecule has 0 aliphatic heterocycles. The van der Waals surface area contributed by atoms with Crippen LogP contribution in [0.4, 0.5) is 24.0 Å². The molecule has 3 N–H and O–H groups in total. The molecule has 0 amide bonds. The number of nitrogen functional groups attached to an aromatic ring is 1. The average Bonchev–Trinajstić information content (AvgIpc) is 2.76. The number of hydrogen-bond acceptors (Lipinski definition) is 5. The van der Waals surface area contributed by atoms with E-state index in [0.29, 0.717) is 16.4 Å². The lowest BCUT2D eigenvalue weighted by Crippen LogP contribution is -2.10.